The Balaban J connectivity index is 2.04. The zero-order valence-corrected chi connectivity index (χ0v) is 21.0. The van der Waals surface area contributed by atoms with Gasteiger partial charge in [-0.25, -0.2) is 9.00 Å². The minimum absolute atomic E-state index is 0.0329. The molecule has 2 aromatic carbocycles. The summed E-state index contributed by atoms with van der Waals surface area (Å²) in [5.41, 5.74) is -1.67. The summed E-state index contributed by atoms with van der Waals surface area (Å²) in [4.78, 5) is 12.4. The lowest BCUT2D eigenvalue weighted by atomic mass is 9.94. The molecule has 5 nitrogen and oxygen atoms in total. The van der Waals surface area contributed by atoms with Gasteiger partial charge in [-0.1, -0.05) is 23.7 Å². The maximum atomic E-state index is 13.0. The van der Waals surface area contributed by atoms with Crippen molar-refractivity contribution in [2.45, 2.75) is 74.1 Å². The van der Waals surface area contributed by atoms with Gasteiger partial charge < -0.3 is 15.2 Å². The zero-order chi connectivity index (χ0) is 25.7. The molecule has 0 aliphatic heterocycles. The molecule has 0 fully saturated rings. The van der Waals surface area contributed by atoms with Gasteiger partial charge in [0.2, 0.25) is 0 Å². The number of aliphatic hydroxyl groups excluding tert-OH is 1. The lowest BCUT2D eigenvalue weighted by Crippen LogP contribution is -2.50. The second kappa shape index (κ2) is 11.1. The van der Waals surface area contributed by atoms with E-state index in [2.05, 4.69) is 5.32 Å². The summed E-state index contributed by atoms with van der Waals surface area (Å²) < 4.78 is 56.9. The van der Waals surface area contributed by atoms with Crippen molar-refractivity contribution < 1.29 is 32.0 Å². The lowest BCUT2D eigenvalue weighted by Gasteiger charge is -2.30. The minimum atomic E-state index is -4.52. The largest absolute Gasteiger partial charge is 0.444 e. The van der Waals surface area contributed by atoms with E-state index in [0.717, 1.165) is 17.7 Å². The molecule has 0 saturated heterocycles. The Labute approximate surface area is 205 Å². The van der Waals surface area contributed by atoms with E-state index in [4.69, 9.17) is 16.3 Å². The van der Waals surface area contributed by atoms with Crippen molar-refractivity contribution in [3.8, 4) is 0 Å². The molecule has 188 valence electrons. The smallest absolute Gasteiger partial charge is 0.416 e. The molecule has 1 unspecified atom stereocenters. The molecule has 0 bridgehead atoms. The van der Waals surface area contributed by atoms with Gasteiger partial charge >= 0.3 is 12.3 Å². The molecule has 1 amide bonds. The number of alkyl carbamates (subject to hydrolysis) is 1. The van der Waals surface area contributed by atoms with E-state index in [0.29, 0.717) is 29.2 Å². The van der Waals surface area contributed by atoms with Gasteiger partial charge in [0, 0.05) is 14.8 Å². The number of carbonyl (C=O) groups is 1. The Morgan fingerprint density at radius 3 is 2.29 bits per heavy atom. The average molecular weight is 520 g/mol. The van der Waals surface area contributed by atoms with Crippen LogP contribution in [0.4, 0.5) is 18.0 Å². The molecule has 0 aliphatic carbocycles. The van der Waals surface area contributed by atoms with E-state index in [9.17, 15) is 27.3 Å². The van der Waals surface area contributed by atoms with Gasteiger partial charge in [0.1, 0.15) is 5.60 Å². The van der Waals surface area contributed by atoms with Crippen LogP contribution < -0.4 is 5.32 Å². The third-order valence-corrected chi connectivity index (χ3v) is 6.66. The Kier molecular flexibility index (Phi) is 9.18. The summed E-state index contributed by atoms with van der Waals surface area (Å²) in [6.07, 6.45) is -3.62. The molecule has 2 N–H and O–H groups in total. The first-order valence-electron chi connectivity index (χ1n) is 10.6. The maximum absolute atomic E-state index is 13.0. The zero-order valence-electron chi connectivity index (χ0n) is 19.5. The van der Waals surface area contributed by atoms with Crippen molar-refractivity contribution in [1.29, 1.82) is 0 Å². The van der Waals surface area contributed by atoms with Crippen molar-refractivity contribution in [1.82, 2.24) is 5.32 Å². The monoisotopic (exact) mass is 519 g/mol. The van der Waals surface area contributed by atoms with E-state index in [1.807, 2.05) is 0 Å². The lowest BCUT2D eigenvalue weighted by molar-refractivity contribution is -0.137. The van der Waals surface area contributed by atoms with E-state index in [1.54, 1.807) is 39.8 Å². The molecular weight excluding hydrogens is 491 g/mol. The standard InChI is InChI=1S/C24H29ClF3NO4S/c1-22(2,3)33-21(31)29-23(4,15-30)12-6-7-16-10-11-19(14-20(16)25)34(32)18-9-5-8-17(13-18)24(26,27)28/h5,8-11,13-14,30H,6-7,12,15H2,1-4H3,(H,29,31)/t23-,34?/m1/s1. The normalized spacial score (nSPS) is 14.9. The molecule has 34 heavy (non-hydrogen) atoms. The van der Waals surface area contributed by atoms with Gasteiger partial charge in [-0.3, -0.25) is 0 Å². The van der Waals surface area contributed by atoms with Gasteiger partial charge in [0.25, 0.3) is 0 Å². The summed E-state index contributed by atoms with van der Waals surface area (Å²) in [7, 11) is -1.83. The van der Waals surface area contributed by atoms with E-state index in [1.165, 1.54) is 18.2 Å². The molecule has 0 saturated carbocycles. The highest BCUT2D eigenvalue weighted by molar-refractivity contribution is 7.85. The highest BCUT2D eigenvalue weighted by Crippen LogP contribution is 2.32. The van der Waals surface area contributed by atoms with Crippen LogP contribution in [0, 0.1) is 0 Å². The second-order valence-electron chi connectivity index (χ2n) is 9.25. The van der Waals surface area contributed by atoms with Crippen molar-refractivity contribution in [2.75, 3.05) is 6.61 Å². The number of rotatable bonds is 8. The number of halogens is 4. The predicted molar refractivity (Wildman–Crippen MR) is 125 cm³/mol. The quantitative estimate of drug-likeness (QED) is 0.440. The number of hydrogen-bond acceptors (Lipinski definition) is 4. The SMILES string of the molecule is CC(C)(C)OC(=O)N[C@@](C)(CO)CCCc1ccc(S(=O)c2cccc(C(F)(F)F)c2)cc1Cl. The number of carbonyl (C=O) groups excluding carboxylic acids is 1. The fraction of sp³-hybridized carbons (Fsp3) is 0.458. The summed E-state index contributed by atoms with van der Waals surface area (Å²) >= 11 is 6.35. The number of ether oxygens (including phenoxy) is 1. The summed E-state index contributed by atoms with van der Waals surface area (Å²) in [6, 6.07) is 9.12. The Morgan fingerprint density at radius 2 is 1.74 bits per heavy atom. The molecule has 0 aromatic heterocycles. The van der Waals surface area contributed by atoms with Gasteiger partial charge in [-0.05, 0) is 82.9 Å². The predicted octanol–water partition coefficient (Wildman–Crippen LogP) is 6.12. The number of aliphatic hydroxyl groups is 1. The molecule has 0 aliphatic rings. The minimum Gasteiger partial charge on any atom is -0.444 e. The number of amides is 1. The van der Waals surface area contributed by atoms with Gasteiger partial charge in [-0.15, -0.1) is 0 Å². The Bertz CT molecular complexity index is 1040. The maximum Gasteiger partial charge on any atom is 0.416 e. The van der Waals surface area contributed by atoms with E-state index >= 15 is 0 Å². The first-order valence-corrected chi connectivity index (χ1v) is 12.2. The van der Waals surface area contributed by atoms with Crippen LogP contribution in [-0.2, 0) is 28.1 Å². The first-order chi connectivity index (χ1) is 15.6. The summed E-state index contributed by atoms with van der Waals surface area (Å²) in [5, 5.41) is 12.8. The number of hydrogen-bond donors (Lipinski definition) is 2. The Hall–Kier alpha value is -2.10. The highest BCUT2D eigenvalue weighted by Gasteiger charge is 2.31. The van der Waals surface area contributed by atoms with Crippen molar-refractivity contribution in [3.05, 3.63) is 58.6 Å². The van der Waals surface area contributed by atoms with Gasteiger partial charge in [0.15, 0.2) is 0 Å². The number of nitrogens with one attached hydrogen (secondary N) is 1. The van der Waals surface area contributed by atoms with Crippen LogP contribution in [0.1, 0.15) is 51.7 Å². The van der Waals surface area contributed by atoms with Gasteiger partial charge in [-0.2, -0.15) is 13.2 Å². The van der Waals surface area contributed by atoms with Crippen LogP contribution in [0.25, 0.3) is 0 Å². The van der Waals surface area contributed by atoms with Crippen molar-refractivity contribution >= 4 is 28.5 Å². The van der Waals surface area contributed by atoms with E-state index in [-0.39, 0.29) is 11.5 Å². The summed E-state index contributed by atoms with van der Waals surface area (Å²) in [6.45, 7) is 6.66. The van der Waals surface area contributed by atoms with E-state index < -0.39 is 39.8 Å². The van der Waals surface area contributed by atoms with Crippen LogP contribution in [0.3, 0.4) is 0 Å². The number of benzene rings is 2. The van der Waals surface area contributed by atoms with Crippen molar-refractivity contribution in [2.24, 2.45) is 0 Å². The highest BCUT2D eigenvalue weighted by atomic mass is 35.5. The Morgan fingerprint density at radius 1 is 1.09 bits per heavy atom. The molecular formula is C24H29ClF3NO4S. The second-order valence-corrected chi connectivity index (χ2v) is 11.1. The molecule has 2 aromatic rings. The molecule has 2 rings (SSSR count). The third kappa shape index (κ3) is 8.29. The van der Waals surface area contributed by atoms with Crippen molar-refractivity contribution in [3.63, 3.8) is 0 Å². The van der Waals surface area contributed by atoms with Crippen LogP contribution >= 0.6 is 11.6 Å². The van der Waals surface area contributed by atoms with Crippen LogP contribution in [0.2, 0.25) is 5.02 Å². The first kappa shape index (κ1) is 28.1. The molecule has 0 radical (unpaired) electrons. The number of alkyl halides is 3. The third-order valence-electron chi connectivity index (χ3n) is 4.94. The topological polar surface area (TPSA) is 75.6 Å². The average Bonchev–Trinajstić information content (AvgIpc) is 2.72. The fourth-order valence-corrected chi connectivity index (χ4v) is 4.63. The molecule has 10 heteroatoms. The van der Waals surface area contributed by atoms with Crippen LogP contribution in [0.5, 0.6) is 0 Å². The molecule has 0 spiro atoms. The molecule has 0 heterocycles. The van der Waals surface area contributed by atoms with Crippen LogP contribution in [0.15, 0.2) is 52.3 Å². The number of aryl methyl sites for hydroxylation is 1. The molecule has 2 atom stereocenters. The van der Waals surface area contributed by atoms with Crippen LogP contribution in [-0.4, -0.2) is 33.2 Å². The fourth-order valence-electron chi connectivity index (χ4n) is 3.17. The van der Waals surface area contributed by atoms with Gasteiger partial charge in [0.05, 0.1) is 28.5 Å². The summed E-state index contributed by atoms with van der Waals surface area (Å²) in [5.74, 6) is 0.